The van der Waals surface area contributed by atoms with Crippen molar-refractivity contribution >= 4 is 22.8 Å². The van der Waals surface area contributed by atoms with Crippen molar-refractivity contribution in [3.8, 4) is 6.07 Å². The fourth-order valence-electron chi connectivity index (χ4n) is 3.41. The number of hydrogen-bond donors (Lipinski definition) is 2. The van der Waals surface area contributed by atoms with Crippen molar-refractivity contribution in [3.63, 3.8) is 0 Å². The van der Waals surface area contributed by atoms with E-state index in [1.165, 1.54) is 6.92 Å². The van der Waals surface area contributed by atoms with Crippen molar-refractivity contribution < 1.29 is 14.3 Å². The van der Waals surface area contributed by atoms with Crippen molar-refractivity contribution in [2.75, 3.05) is 0 Å². The van der Waals surface area contributed by atoms with Gasteiger partial charge in [-0.1, -0.05) is 37.5 Å². The minimum atomic E-state index is -1.08. The smallest absolute Gasteiger partial charge is 0.339 e. The molecule has 1 unspecified atom stereocenters. The molecule has 0 aliphatic heterocycles. The van der Waals surface area contributed by atoms with Crippen LogP contribution in [-0.4, -0.2) is 28.5 Å². The Hall–Kier alpha value is -3.14. The molecule has 0 bridgehead atoms. The molecule has 1 aromatic carbocycles. The largest absolute Gasteiger partial charge is 0.449 e. The van der Waals surface area contributed by atoms with Crippen LogP contribution in [0, 0.1) is 11.3 Å². The van der Waals surface area contributed by atoms with Crippen molar-refractivity contribution in [2.24, 2.45) is 0 Å². The molecule has 1 amide bonds. The summed E-state index contributed by atoms with van der Waals surface area (Å²) in [6.07, 6.45) is 2.90. The molecular weight excluding hydrogens is 346 g/mol. The molecule has 1 atom stereocenters. The average molecular weight is 367 g/mol. The van der Waals surface area contributed by atoms with E-state index in [4.69, 9.17) is 4.74 Å². The Morgan fingerprint density at radius 1 is 1.26 bits per heavy atom. The van der Waals surface area contributed by atoms with Crippen LogP contribution >= 0.6 is 0 Å². The average Bonchev–Trinajstić information content (AvgIpc) is 2.67. The summed E-state index contributed by atoms with van der Waals surface area (Å²) < 4.78 is 5.28. The monoisotopic (exact) mass is 367 g/mol. The highest BCUT2D eigenvalue weighted by atomic mass is 16.5. The molecule has 0 saturated heterocycles. The maximum absolute atomic E-state index is 12.5. The number of fused-ring (bicyclic) bond motifs is 1. The van der Waals surface area contributed by atoms with Crippen LogP contribution < -0.4 is 10.9 Å². The van der Waals surface area contributed by atoms with E-state index in [1.54, 1.807) is 24.3 Å². The van der Waals surface area contributed by atoms with E-state index in [0.29, 0.717) is 23.7 Å². The second-order valence-electron chi connectivity index (χ2n) is 6.88. The number of para-hydroxylation sites is 1. The van der Waals surface area contributed by atoms with Gasteiger partial charge in [0, 0.05) is 17.0 Å². The van der Waals surface area contributed by atoms with Crippen LogP contribution in [0.15, 0.2) is 35.1 Å². The predicted molar refractivity (Wildman–Crippen MR) is 99.0 cm³/mol. The molecule has 3 rings (SSSR count). The van der Waals surface area contributed by atoms with Crippen LogP contribution in [0.3, 0.4) is 0 Å². The molecule has 2 N–H and O–H groups in total. The summed E-state index contributed by atoms with van der Waals surface area (Å²) in [5.74, 6) is -1.27. The highest BCUT2D eigenvalue weighted by Crippen LogP contribution is 2.27. The zero-order chi connectivity index (χ0) is 19.4. The Balaban J connectivity index is 1.75. The number of esters is 1. The van der Waals surface area contributed by atoms with Gasteiger partial charge in [0.1, 0.15) is 5.54 Å². The van der Waals surface area contributed by atoms with Crippen LogP contribution in [0.25, 0.3) is 10.9 Å². The Morgan fingerprint density at radius 3 is 2.67 bits per heavy atom. The maximum Gasteiger partial charge on any atom is 0.339 e. The van der Waals surface area contributed by atoms with E-state index in [-0.39, 0.29) is 5.56 Å². The van der Waals surface area contributed by atoms with Gasteiger partial charge in [-0.05, 0) is 25.8 Å². The lowest BCUT2D eigenvalue weighted by Crippen LogP contribution is -2.52. The molecule has 7 heteroatoms. The number of carbonyl (C=O) groups excluding carboxylic acids is 2. The minimum Gasteiger partial charge on any atom is -0.449 e. The number of pyridine rings is 1. The van der Waals surface area contributed by atoms with Gasteiger partial charge in [-0.2, -0.15) is 5.26 Å². The summed E-state index contributed by atoms with van der Waals surface area (Å²) in [6.45, 7) is 1.45. The van der Waals surface area contributed by atoms with E-state index in [1.807, 2.05) is 0 Å². The third-order valence-corrected chi connectivity index (χ3v) is 4.91. The highest BCUT2D eigenvalue weighted by Gasteiger charge is 2.35. The quantitative estimate of drug-likeness (QED) is 0.806. The third-order valence-electron chi connectivity index (χ3n) is 4.91. The Bertz CT molecular complexity index is 967. The van der Waals surface area contributed by atoms with Gasteiger partial charge in [0.2, 0.25) is 5.56 Å². The first-order chi connectivity index (χ1) is 12.9. The molecule has 27 heavy (non-hydrogen) atoms. The molecule has 1 aliphatic carbocycles. The van der Waals surface area contributed by atoms with Crippen LogP contribution in [0.1, 0.15) is 49.4 Å². The van der Waals surface area contributed by atoms with Gasteiger partial charge in [0.15, 0.2) is 6.10 Å². The fraction of sp³-hybridized carbons (Fsp3) is 0.400. The van der Waals surface area contributed by atoms with E-state index >= 15 is 0 Å². The molecule has 0 spiro atoms. The summed E-state index contributed by atoms with van der Waals surface area (Å²) in [6, 6.07) is 10.2. The number of aromatic nitrogens is 1. The number of nitrogens with one attached hydrogen (secondary N) is 2. The first kappa shape index (κ1) is 18.6. The fourth-order valence-corrected chi connectivity index (χ4v) is 3.41. The Morgan fingerprint density at radius 2 is 1.96 bits per heavy atom. The van der Waals surface area contributed by atoms with Gasteiger partial charge in [-0.15, -0.1) is 0 Å². The van der Waals surface area contributed by atoms with E-state index < -0.39 is 29.1 Å². The molecular formula is C20H21N3O4. The van der Waals surface area contributed by atoms with Gasteiger partial charge in [0.25, 0.3) is 5.91 Å². The van der Waals surface area contributed by atoms with Gasteiger partial charge in [-0.3, -0.25) is 9.59 Å². The third kappa shape index (κ3) is 4.00. The molecule has 7 nitrogen and oxygen atoms in total. The number of benzene rings is 1. The highest BCUT2D eigenvalue weighted by molar-refractivity contribution is 6.04. The zero-order valence-electron chi connectivity index (χ0n) is 15.1. The number of aromatic amines is 1. The maximum atomic E-state index is 12.5. The summed E-state index contributed by atoms with van der Waals surface area (Å²) in [5, 5.41) is 12.7. The Kier molecular flexibility index (Phi) is 5.26. The molecule has 1 aliphatic rings. The first-order valence-corrected chi connectivity index (χ1v) is 9.00. The number of ether oxygens (including phenoxy) is 1. The minimum absolute atomic E-state index is 0.0988. The van der Waals surface area contributed by atoms with Crippen LogP contribution in [0.2, 0.25) is 0 Å². The van der Waals surface area contributed by atoms with Gasteiger partial charge < -0.3 is 15.0 Å². The lowest BCUT2D eigenvalue weighted by Gasteiger charge is -2.32. The lowest BCUT2D eigenvalue weighted by molar-refractivity contribution is -0.130. The topological polar surface area (TPSA) is 112 Å². The number of nitriles is 1. The molecule has 1 aromatic heterocycles. The van der Waals surface area contributed by atoms with Crippen LogP contribution in [0.4, 0.5) is 0 Å². The number of rotatable bonds is 4. The van der Waals surface area contributed by atoms with Crippen molar-refractivity contribution in [2.45, 2.75) is 50.7 Å². The number of carbonyl (C=O) groups is 2. The van der Waals surface area contributed by atoms with Crippen LogP contribution in [0.5, 0.6) is 0 Å². The van der Waals surface area contributed by atoms with Crippen molar-refractivity contribution in [1.29, 1.82) is 5.26 Å². The number of H-pyrrole nitrogens is 1. The molecule has 1 saturated carbocycles. The standard InChI is InChI=1S/C20H21N3O4/c1-13(18(25)23-20(12-21)9-5-2-6-10-20)27-19(26)15-11-17(24)22-16-8-4-3-7-14(15)16/h3-4,7-8,11,13H,2,5-6,9-10H2,1H3,(H,22,24)(H,23,25). The summed E-state index contributed by atoms with van der Waals surface area (Å²) in [7, 11) is 0. The molecule has 140 valence electrons. The molecule has 1 heterocycles. The van der Waals surface area contributed by atoms with E-state index in [2.05, 4.69) is 16.4 Å². The Labute approximate surface area is 156 Å². The second kappa shape index (κ2) is 7.62. The van der Waals surface area contributed by atoms with Gasteiger partial charge >= 0.3 is 5.97 Å². The second-order valence-corrected chi connectivity index (χ2v) is 6.88. The number of amides is 1. The SMILES string of the molecule is CC(OC(=O)c1cc(=O)[nH]c2ccccc12)C(=O)NC1(C#N)CCCCC1. The van der Waals surface area contributed by atoms with Crippen LogP contribution in [-0.2, 0) is 9.53 Å². The first-order valence-electron chi connectivity index (χ1n) is 9.00. The number of nitrogens with zero attached hydrogens (tertiary/aromatic N) is 1. The predicted octanol–water partition coefficient (Wildman–Crippen LogP) is 2.42. The summed E-state index contributed by atoms with van der Waals surface area (Å²) in [4.78, 5) is 39.5. The molecule has 1 fully saturated rings. The van der Waals surface area contributed by atoms with E-state index in [9.17, 15) is 19.6 Å². The van der Waals surface area contributed by atoms with Gasteiger partial charge in [0.05, 0.1) is 11.6 Å². The zero-order valence-corrected chi connectivity index (χ0v) is 15.1. The van der Waals surface area contributed by atoms with Crippen molar-refractivity contribution in [3.05, 3.63) is 46.2 Å². The number of hydrogen-bond acceptors (Lipinski definition) is 5. The molecule has 2 aromatic rings. The lowest BCUT2D eigenvalue weighted by atomic mass is 9.83. The van der Waals surface area contributed by atoms with E-state index in [0.717, 1.165) is 25.3 Å². The molecule has 0 radical (unpaired) electrons. The summed E-state index contributed by atoms with van der Waals surface area (Å²) in [5.41, 5.74) is -0.711. The summed E-state index contributed by atoms with van der Waals surface area (Å²) >= 11 is 0. The van der Waals surface area contributed by atoms with Crippen molar-refractivity contribution in [1.82, 2.24) is 10.3 Å². The van der Waals surface area contributed by atoms with Gasteiger partial charge in [-0.25, -0.2) is 4.79 Å². The normalized spacial score (nSPS) is 16.9.